The first-order valence-electron chi connectivity index (χ1n) is 13.5. The van der Waals surface area contributed by atoms with E-state index in [9.17, 15) is 25.2 Å². The van der Waals surface area contributed by atoms with Crippen LogP contribution in [0.3, 0.4) is 0 Å². The van der Waals surface area contributed by atoms with E-state index in [1.165, 1.54) is 24.1 Å². The first kappa shape index (κ1) is 30.8. The van der Waals surface area contributed by atoms with Gasteiger partial charge in [-0.3, -0.25) is 0 Å². The number of fused-ring (bicyclic) bond motifs is 1. The molecular weight excluding hydrogens is 520 g/mol. The Labute approximate surface area is 233 Å². The Morgan fingerprint density at radius 2 is 1.77 bits per heavy atom. The number of carbonyl (C=O) groups excluding carboxylic acids is 1. The number of hydrogen-bond acceptors (Lipinski definition) is 9. The third kappa shape index (κ3) is 9.47. The molecule has 0 bridgehead atoms. The molecule has 0 aliphatic rings. The Morgan fingerprint density at radius 3 is 2.51 bits per heavy atom. The standard InChI is InChI=1S/C30H40O8S/c1-4-5-6-8-22-12-13-29(39-22)28-15-20-10-11-21(16-27(20)38-28)37-18-26(34)25(33)17-24(32)23(31)9-7-14-36-30(35)19(2)3/h10-13,15-16,23-26,31-34H,2,4-9,14,17-18H2,1,3H3. The average molecular weight is 561 g/mol. The Balaban J connectivity index is 1.45. The molecule has 3 rings (SSSR count). The van der Waals surface area contributed by atoms with Gasteiger partial charge in [-0.2, -0.15) is 0 Å². The van der Waals surface area contributed by atoms with Gasteiger partial charge in [-0.05, 0) is 62.9 Å². The minimum Gasteiger partial charge on any atom is -0.491 e. The molecule has 4 atom stereocenters. The van der Waals surface area contributed by atoms with E-state index in [0.29, 0.717) is 17.8 Å². The van der Waals surface area contributed by atoms with E-state index >= 15 is 0 Å². The lowest BCUT2D eigenvalue weighted by atomic mass is 10.0. The number of thiophene rings is 1. The summed E-state index contributed by atoms with van der Waals surface area (Å²) in [6, 6.07) is 11.6. The number of carbonyl (C=O) groups is 1. The molecule has 1 aromatic carbocycles. The quantitative estimate of drug-likeness (QED) is 0.103. The zero-order valence-electron chi connectivity index (χ0n) is 22.7. The van der Waals surface area contributed by atoms with Crippen LogP contribution in [0.2, 0.25) is 0 Å². The summed E-state index contributed by atoms with van der Waals surface area (Å²) >= 11 is 1.74. The van der Waals surface area contributed by atoms with Gasteiger partial charge < -0.3 is 34.3 Å². The number of aliphatic hydroxyl groups excluding tert-OH is 4. The van der Waals surface area contributed by atoms with Crippen molar-refractivity contribution in [2.45, 2.75) is 83.2 Å². The lowest BCUT2D eigenvalue weighted by Gasteiger charge is -2.23. The van der Waals surface area contributed by atoms with Crippen LogP contribution in [0, 0.1) is 0 Å². The van der Waals surface area contributed by atoms with Crippen LogP contribution in [0.15, 0.2) is 53.0 Å². The van der Waals surface area contributed by atoms with Crippen molar-refractivity contribution < 1.29 is 39.1 Å². The SMILES string of the molecule is C=C(C)C(=O)OCCCC(O)C(O)CC(O)C(O)COc1ccc2cc(-c3ccc(CCCCC)s3)oc2c1. The van der Waals surface area contributed by atoms with Crippen molar-refractivity contribution in [3.05, 3.63) is 53.4 Å². The number of rotatable bonds is 17. The predicted molar refractivity (Wildman–Crippen MR) is 152 cm³/mol. The summed E-state index contributed by atoms with van der Waals surface area (Å²) < 4.78 is 16.7. The summed E-state index contributed by atoms with van der Waals surface area (Å²) in [7, 11) is 0. The van der Waals surface area contributed by atoms with Crippen LogP contribution in [0.1, 0.15) is 57.2 Å². The lowest BCUT2D eigenvalue weighted by Crippen LogP contribution is -2.38. The molecule has 2 aromatic heterocycles. The Hall–Kier alpha value is -2.69. The van der Waals surface area contributed by atoms with Gasteiger partial charge in [0.15, 0.2) is 0 Å². The maximum atomic E-state index is 11.4. The Bertz CT molecular complexity index is 1200. The van der Waals surface area contributed by atoms with E-state index in [0.717, 1.165) is 22.4 Å². The molecule has 0 amide bonds. The van der Waals surface area contributed by atoms with Gasteiger partial charge >= 0.3 is 5.97 Å². The zero-order valence-corrected chi connectivity index (χ0v) is 23.5. The highest BCUT2D eigenvalue weighted by Crippen LogP contribution is 2.34. The van der Waals surface area contributed by atoms with Crippen LogP contribution in [0.4, 0.5) is 0 Å². The van der Waals surface area contributed by atoms with Crippen molar-refractivity contribution >= 4 is 28.3 Å². The van der Waals surface area contributed by atoms with Crippen LogP contribution < -0.4 is 4.74 Å². The highest BCUT2D eigenvalue weighted by molar-refractivity contribution is 7.15. The molecule has 0 aliphatic heterocycles. The van der Waals surface area contributed by atoms with Crippen molar-refractivity contribution in [1.82, 2.24) is 0 Å². The highest BCUT2D eigenvalue weighted by Gasteiger charge is 2.25. The molecule has 2 heterocycles. The van der Waals surface area contributed by atoms with Crippen molar-refractivity contribution in [1.29, 1.82) is 0 Å². The normalized spacial score (nSPS) is 14.6. The predicted octanol–water partition coefficient (Wildman–Crippen LogP) is 5.01. The van der Waals surface area contributed by atoms with Crippen molar-refractivity contribution in [3.8, 4) is 16.4 Å². The monoisotopic (exact) mass is 560 g/mol. The number of aryl methyl sites for hydroxylation is 1. The molecule has 214 valence electrons. The largest absolute Gasteiger partial charge is 0.491 e. The summed E-state index contributed by atoms with van der Waals surface area (Å²) in [5.74, 6) is 0.765. The number of furan rings is 1. The molecule has 9 heteroatoms. The van der Waals surface area contributed by atoms with Gasteiger partial charge in [-0.1, -0.05) is 26.3 Å². The maximum absolute atomic E-state index is 11.4. The summed E-state index contributed by atoms with van der Waals surface area (Å²) in [6.07, 6.45) is -0.0151. The molecule has 0 saturated heterocycles. The van der Waals surface area contributed by atoms with Gasteiger partial charge in [-0.15, -0.1) is 11.3 Å². The summed E-state index contributed by atoms with van der Waals surface area (Å²) in [5, 5.41) is 41.9. The lowest BCUT2D eigenvalue weighted by molar-refractivity contribution is -0.139. The third-order valence-electron chi connectivity index (χ3n) is 6.44. The molecule has 0 aliphatic carbocycles. The van der Waals surface area contributed by atoms with Crippen molar-refractivity contribution in [3.63, 3.8) is 0 Å². The topological polar surface area (TPSA) is 130 Å². The first-order valence-corrected chi connectivity index (χ1v) is 14.3. The van der Waals surface area contributed by atoms with E-state index in [1.54, 1.807) is 30.4 Å². The third-order valence-corrected chi connectivity index (χ3v) is 7.60. The van der Waals surface area contributed by atoms with Gasteiger partial charge in [0.2, 0.25) is 0 Å². The number of hydrogen-bond donors (Lipinski definition) is 4. The van der Waals surface area contributed by atoms with E-state index in [2.05, 4.69) is 25.6 Å². The van der Waals surface area contributed by atoms with E-state index in [4.69, 9.17) is 13.9 Å². The maximum Gasteiger partial charge on any atom is 0.333 e. The summed E-state index contributed by atoms with van der Waals surface area (Å²) in [5.41, 5.74) is 0.944. The van der Waals surface area contributed by atoms with Gasteiger partial charge in [0.1, 0.15) is 29.8 Å². The average Bonchev–Trinajstić information content (AvgIpc) is 3.56. The molecule has 0 saturated carbocycles. The second-order valence-corrected chi connectivity index (χ2v) is 11.1. The first-order chi connectivity index (χ1) is 18.7. The van der Waals surface area contributed by atoms with Gasteiger partial charge in [-0.25, -0.2) is 4.79 Å². The summed E-state index contributed by atoms with van der Waals surface area (Å²) in [4.78, 5) is 13.8. The van der Waals surface area contributed by atoms with Gasteiger partial charge in [0, 0.05) is 28.3 Å². The second kappa shape index (κ2) is 15.2. The molecule has 3 aromatic rings. The smallest absolute Gasteiger partial charge is 0.333 e. The van der Waals surface area contributed by atoms with Gasteiger partial charge in [0.25, 0.3) is 0 Å². The van der Waals surface area contributed by atoms with E-state index < -0.39 is 30.4 Å². The molecule has 8 nitrogen and oxygen atoms in total. The minimum absolute atomic E-state index is 0.0867. The van der Waals surface area contributed by atoms with Crippen LogP contribution in [-0.2, 0) is 16.0 Å². The fraction of sp³-hybridized carbons (Fsp3) is 0.500. The number of unbranched alkanes of at least 4 members (excludes halogenated alkanes) is 2. The number of esters is 1. The van der Waals surface area contributed by atoms with Crippen LogP contribution in [-0.4, -0.2) is 64.0 Å². The molecule has 0 fully saturated rings. The van der Waals surface area contributed by atoms with E-state index in [1.807, 2.05) is 12.1 Å². The number of benzene rings is 1. The summed E-state index contributed by atoms with van der Waals surface area (Å²) in [6.45, 7) is 7.11. The molecule has 4 unspecified atom stereocenters. The molecule has 4 N–H and O–H groups in total. The molecule has 0 radical (unpaired) electrons. The van der Waals surface area contributed by atoms with E-state index in [-0.39, 0.29) is 31.6 Å². The van der Waals surface area contributed by atoms with Crippen LogP contribution >= 0.6 is 11.3 Å². The van der Waals surface area contributed by atoms with Crippen molar-refractivity contribution in [2.75, 3.05) is 13.2 Å². The minimum atomic E-state index is -1.31. The number of aliphatic hydroxyl groups is 4. The van der Waals surface area contributed by atoms with Crippen LogP contribution in [0.5, 0.6) is 5.75 Å². The Kier molecular flexibility index (Phi) is 12.0. The van der Waals surface area contributed by atoms with Gasteiger partial charge in [0.05, 0.1) is 29.8 Å². The molecular formula is C30H40O8S. The zero-order chi connectivity index (χ0) is 28.4. The van der Waals surface area contributed by atoms with Crippen LogP contribution in [0.25, 0.3) is 21.6 Å². The van der Waals surface area contributed by atoms with Crippen molar-refractivity contribution in [2.24, 2.45) is 0 Å². The number of ether oxygens (including phenoxy) is 2. The molecule has 39 heavy (non-hydrogen) atoms. The fourth-order valence-electron chi connectivity index (χ4n) is 4.04. The second-order valence-electron chi connectivity index (χ2n) is 9.91. The molecule has 0 spiro atoms. The Morgan fingerprint density at radius 1 is 1.00 bits per heavy atom. The fourth-order valence-corrected chi connectivity index (χ4v) is 5.05. The highest BCUT2D eigenvalue weighted by atomic mass is 32.1.